The van der Waals surface area contributed by atoms with Gasteiger partial charge in [0.15, 0.2) is 0 Å². The first kappa shape index (κ1) is 8.71. The first-order valence-corrected chi connectivity index (χ1v) is 4.02. The summed E-state index contributed by atoms with van der Waals surface area (Å²) in [6, 6.07) is 0.284. The number of rotatable bonds is 3. The zero-order chi connectivity index (χ0) is 8.27. The van der Waals surface area contributed by atoms with Crippen LogP contribution < -0.4 is 5.73 Å². The molecular formula is C8H16N2O. The van der Waals surface area contributed by atoms with Crippen molar-refractivity contribution in [1.82, 2.24) is 5.06 Å². The van der Waals surface area contributed by atoms with E-state index in [4.69, 9.17) is 10.6 Å². The third-order valence-corrected chi connectivity index (χ3v) is 1.83. The summed E-state index contributed by atoms with van der Waals surface area (Å²) in [7, 11) is 0. The molecule has 0 spiro atoms. The van der Waals surface area contributed by atoms with Gasteiger partial charge in [-0.15, -0.1) is 6.58 Å². The van der Waals surface area contributed by atoms with E-state index in [-0.39, 0.29) is 12.1 Å². The van der Waals surface area contributed by atoms with Gasteiger partial charge in [0.25, 0.3) is 0 Å². The Kier molecular flexibility index (Phi) is 3.05. The van der Waals surface area contributed by atoms with Crippen molar-refractivity contribution in [2.75, 3.05) is 13.1 Å². The van der Waals surface area contributed by atoms with E-state index in [0.717, 1.165) is 19.5 Å². The Bertz CT molecular complexity index is 138. The summed E-state index contributed by atoms with van der Waals surface area (Å²) in [4.78, 5) is 5.47. The Labute approximate surface area is 67.8 Å². The minimum atomic E-state index is 0.0975. The zero-order valence-corrected chi connectivity index (χ0v) is 6.99. The fraction of sp³-hybridized carbons (Fsp3) is 0.750. The highest BCUT2D eigenvalue weighted by Gasteiger charge is 2.20. The predicted octanol–water partition coefficient (Wildman–Crippen LogP) is 0.525. The number of hydrogen-bond donors (Lipinski definition) is 1. The van der Waals surface area contributed by atoms with Crippen LogP contribution in [0.4, 0.5) is 0 Å². The van der Waals surface area contributed by atoms with E-state index in [1.54, 1.807) is 6.08 Å². The van der Waals surface area contributed by atoms with Crippen LogP contribution in [-0.2, 0) is 4.84 Å². The lowest BCUT2D eigenvalue weighted by Crippen LogP contribution is -2.29. The van der Waals surface area contributed by atoms with Gasteiger partial charge >= 0.3 is 0 Å². The molecule has 0 saturated carbocycles. The summed E-state index contributed by atoms with van der Waals surface area (Å²) in [5, 5.41) is 1.91. The lowest BCUT2D eigenvalue weighted by Gasteiger charge is -2.18. The Hall–Kier alpha value is -0.380. The SMILES string of the molecule is C=CC(C)ON1CCC(N)C1. The molecule has 64 valence electrons. The normalized spacial score (nSPS) is 28.7. The Morgan fingerprint density at radius 3 is 3.00 bits per heavy atom. The van der Waals surface area contributed by atoms with E-state index < -0.39 is 0 Å². The average Bonchev–Trinajstić information content (AvgIpc) is 2.35. The standard InChI is InChI=1S/C8H16N2O/c1-3-7(2)11-10-5-4-8(9)6-10/h3,7-8H,1,4-6,9H2,2H3. The van der Waals surface area contributed by atoms with Crippen LogP contribution in [0, 0.1) is 0 Å². The molecule has 0 bridgehead atoms. The summed E-state index contributed by atoms with van der Waals surface area (Å²) in [6.45, 7) is 7.40. The fourth-order valence-electron chi connectivity index (χ4n) is 1.13. The molecule has 0 amide bonds. The lowest BCUT2D eigenvalue weighted by molar-refractivity contribution is -0.164. The van der Waals surface area contributed by atoms with Crippen molar-refractivity contribution in [2.24, 2.45) is 5.73 Å². The van der Waals surface area contributed by atoms with E-state index in [2.05, 4.69) is 6.58 Å². The minimum absolute atomic E-state index is 0.0975. The molecule has 1 heterocycles. The van der Waals surface area contributed by atoms with Gasteiger partial charge in [0.2, 0.25) is 0 Å². The largest absolute Gasteiger partial charge is 0.326 e. The van der Waals surface area contributed by atoms with Crippen LogP contribution in [0.3, 0.4) is 0 Å². The second-order valence-corrected chi connectivity index (χ2v) is 2.98. The molecule has 1 aliphatic rings. The molecule has 0 aromatic heterocycles. The van der Waals surface area contributed by atoms with Gasteiger partial charge in [-0.05, 0) is 13.3 Å². The Morgan fingerprint density at radius 2 is 2.55 bits per heavy atom. The van der Waals surface area contributed by atoms with Crippen molar-refractivity contribution in [3.05, 3.63) is 12.7 Å². The summed E-state index contributed by atoms with van der Waals surface area (Å²) in [5.74, 6) is 0. The van der Waals surface area contributed by atoms with Crippen LogP contribution in [0.15, 0.2) is 12.7 Å². The van der Waals surface area contributed by atoms with Gasteiger partial charge < -0.3 is 5.73 Å². The molecule has 0 aromatic carbocycles. The molecule has 3 heteroatoms. The van der Waals surface area contributed by atoms with E-state index in [1.165, 1.54) is 0 Å². The first-order chi connectivity index (χ1) is 5.22. The minimum Gasteiger partial charge on any atom is -0.326 e. The molecule has 1 saturated heterocycles. The maximum Gasteiger partial charge on any atom is 0.0943 e. The second kappa shape index (κ2) is 3.85. The van der Waals surface area contributed by atoms with E-state index in [0.29, 0.717) is 0 Å². The van der Waals surface area contributed by atoms with Crippen LogP contribution in [0.2, 0.25) is 0 Å². The molecule has 11 heavy (non-hydrogen) atoms. The average molecular weight is 156 g/mol. The van der Waals surface area contributed by atoms with Gasteiger partial charge in [-0.1, -0.05) is 6.08 Å². The highest BCUT2D eigenvalue weighted by atomic mass is 16.7. The van der Waals surface area contributed by atoms with Gasteiger partial charge in [0.1, 0.15) is 0 Å². The molecular weight excluding hydrogens is 140 g/mol. The topological polar surface area (TPSA) is 38.5 Å². The molecule has 1 aliphatic heterocycles. The summed E-state index contributed by atoms with van der Waals surface area (Å²) < 4.78 is 0. The van der Waals surface area contributed by atoms with Crippen LogP contribution in [0.25, 0.3) is 0 Å². The Balaban J connectivity index is 2.22. The Morgan fingerprint density at radius 1 is 1.82 bits per heavy atom. The molecule has 2 atom stereocenters. The molecule has 0 aliphatic carbocycles. The smallest absolute Gasteiger partial charge is 0.0943 e. The van der Waals surface area contributed by atoms with Crippen molar-refractivity contribution in [3.8, 4) is 0 Å². The van der Waals surface area contributed by atoms with E-state index >= 15 is 0 Å². The van der Waals surface area contributed by atoms with Crippen molar-refractivity contribution in [2.45, 2.75) is 25.5 Å². The second-order valence-electron chi connectivity index (χ2n) is 2.98. The van der Waals surface area contributed by atoms with Crippen LogP contribution in [0.5, 0.6) is 0 Å². The fourth-order valence-corrected chi connectivity index (χ4v) is 1.13. The molecule has 1 rings (SSSR count). The molecule has 0 aromatic rings. The summed E-state index contributed by atoms with van der Waals surface area (Å²) in [6.07, 6.45) is 2.91. The van der Waals surface area contributed by atoms with E-state index in [1.807, 2.05) is 12.0 Å². The molecule has 2 N–H and O–H groups in total. The first-order valence-electron chi connectivity index (χ1n) is 4.02. The third kappa shape index (κ3) is 2.61. The monoisotopic (exact) mass is 156 g/mol. The zero-order valence-electron chi connectivity index (χ0n) is 6.99. The summed E-state index contributed by atoms with van der Waals surface area (Å²) >= 11 is 0. The van der Waals surface area contributed by atoms with Gasteiger partial charge in [-0.2, -0.15) is 5.06 Å². The number of hydrogen-bond acceptors (Lipinski definition) is 3. The molecule has 1 fully saturated rings. The molecule has 2 unspecified atom stereocenters. The van der Waals surface area contributed by atoms with Crippen molar-refractivity contribution >= 4 is 0 Å². The number of hydroxylamine groups is 2. The lowest BCUT2D eigenvalue weighted by atomic mass is 10.3. The van der Waals surface area contributed by atoms with Crippen molar-refractivity contribution < 1.29 is 4.84 Å². The quantitative estimate of drug-likeness (QED) is 0.606. The van der Waals surface area contributed by atoms with Crippen molar-refractivity contribution in [3.63, 3.8) is 0 Å². The van der Waals surface area contributed by atoms with Crippen LogP contribution >= 0.6 is 0 Å². The van der Waals surface area contributed by atoms with Gasteiger partial charge in [-0.3, -0.25) is 4.84 Å². The van der Waals surface area contributed by atoms with Gasteiger partial charge in [0.05, 0.1) is 6.10 Å². The maximum atomic E-state index is 5.69. The van der Waals surface area contributed by atoms with E-state index in [9.17, 15) is 0 Å². The number of nitrogens with zero attached hydrogens (tertiary/aromatic N) is 1. The highest BCUT2D eigenvalue weighted by Crippen LogP contribution is 2.09. The van der Waals surface area contributed by atoms with Crippen LogP contribution in [0.1, 0.15) is 13.3 Å². The van der Waals surface area contributed by atoms with Crippen LogP contribution in [-0.4, -0.2) is 30.3 Å². The van der Waals surface area contributed by atoms with Crippen molar-refractivity contribution in [1.29, 1.82) is 0 Å². The summed E-state index contributed by atoms with van der Waals surface area (Å²) in [5.41, 5.74) is 5.69. The third-order valence-electron chi connectivity index (χ3n) is 1.83. The maximum absolute atomic E-state index is 5.69. The predicted molar refractivity (Wildman–Crippen MR) is 44.9 cm³/mol. The van der Waals surface area contributed by atoms with Gasteiger partial charge in [-0.25, -0.2) is 0 Å². The number of nitrogens with two attached hydrogens (primary N) is 1. The van der Waals surface area contributed by atoms with Gasteiger partial charge in [0, 0.05) is 19.1 Å². The molecule has 3 nitrogen and oxygen atoms in total. The molecule has 0 radical (unpaired) electrons. The highest BCUT2D eigenvalue weighted by molar-refractivity contribution is 4.77.